The molecule has 43 heavy (non-hydrogen) atoms. The van der Waals surface area contributed by atoms with Gasteiger partial charge in [-0.15, -0.1) is 0 Å². The zero-order valence-electron chi connectivity index (χ0n) is 25.3. The summed E-state index contributed by atoms with van der Waals surface area (Å²) in [5.74, 6) is 5.96. The number of hydrogen-bond donors (Lipinski definition) is 3. The summed E-state index contributed by atoms with van der Waals surface area (Å²) in [6.45, 7) is 5.96. The van der Waals surface area contributed by atoms with E-state index in [0.29, 0.717) is 51.6 Å². The number of benzene rings is 4. The van der Waals surface area contributed by atoms with E-state index in [0.717, 1.165) is 34.4 Å². The minimum absolute atomic E-state index is 0.0392. The minimum Gasteiger partial charge on any atom is -0.453 e. The van der Waals surface area contributed by atoms with Crippen LogP contribution >= 0.6 is 0 Å². The van der Waals surface area contributed by atoms with E-state index < -0.39 is 0 Å². The van der Waals surface area contributed by atoms with Gasteiger partial charge in [-0.25, -0.2) is 0 Å². The smallest absolute Gasteiger partial charge is 0.212 e. The molecule has 0 atom stereocenters. The first kappa shape index (κ1) is 27.5. The normalized spacial score (nSPS) is 23.7. The summed E-state index contributed by atoms with van der Waals surface area (Å²) in [6.07, 6.45) is 7.59. The van der Waals surface area contributed by atoms with Crippen molar-refractivity contribution in [1.82, 2.24) is 0 Å². The molecule has 4 bridgehead atoms. The number of nitrogen functional groups attached to an aromatic ring is 3. The molecule has 4 saturated carbocycles. The summed E-state index contributed by atoms with van der Waals surface area (Å²) in [7, 11) is 0. The van der Waals surface area contributed by atoms with E-state index in [-0.39, 0.29) is 5.41 Å². The molecule has 0 saturated heterocycles. The maximum Gasteiger partial charge on any atom is 0.212 e. The molecule has 6 N–H and O–H groups in total. The Bertz CT molecular complexity index is 1680. The van der Waals surface area contributed by atoms with E-state index in [1.54, 1.807) is 0 Å². The lowest BCUT2D eigenvalue weighted by atomic mass is 9.48. The van der Waals surface area contributed by atoms with Crippen LogP contribution in [0.3, 0.4) is 0 Å². The highest BCUT2D eigenvalue weighted by Gasteiger charge is 2.53. The molecule has 0 aliphatic heterocycles. The van der Waals surface area contributed by atoms with Crippen LogP contribution in [0.2, 0.25) is 0 Å². The first-order valence-corrected chi connectivity index (χ1v) is 15.5. The first-order valence-electron chi connectivity index (χ1n) is 15.5. The van der Waals surface area contributed by atoms with Gasteiger partial charge in [0.15, 0.2) is 11.5 Å². The first-order chi connectivity index (χ1) is 20.7. The molecule has 4 aliphatic carbocycles. The summed E-state index contributed by atoms with van der Waals surface area (Å²) in [6, 6.07) is 21.6. The van der Waals surface area contributed by atoms with Gasteiger partial charge >= 0.3 is 0 Å². The summed E-state index contributed by atoms with van der Waals surface area (Å²) in [5, 5.41) is 0. The van der Waals surface area contributed by atoms with Gasteiger partial charge in [0, 0.05) is 40.8 Å². The van der Waals surface area contributed by atoms with Crippen LogP contribution in [0.5, 0.6) is 34.5 Å². The summed E-state index contributed by atoms with van der Waals surface area (Å²) in [5.41, 5.74) is 25.2. The van der Waals surface area contributed by atoms with E-state index in [2.05, 4.69) is 6.07 Å². The maximum atomic E-state index is 6.87. The van der Waals surface area contributed by atoms with Crippen molar-refractivity contribution in [1.29, 1.82) is 0 Å². The second-order valence-corrected chi connectivity index (χ2v) is 13.3. The average molecular weight is 576 g/mol. The largest absolute Gasteiger partial charge is 0.453 e. The Morgan fingerprint density at radius 3 is 1.40 bits per heavy atom. The third kappa shape index (κ3) is 5.13. The van der Waals surface area contributed by atoms with Gasteiger partial charge in [0.2, 0.25) is 5.75 Å². The van der Waals surface area contributed by atoms with Crippen molar-refractivity contribution in [2.24, 2.45) is 17.8 Å². The molecule has 4 aromatic carbocycles. The molecular weight excluding hydrogens is 534 g/mol. The van der Waals surface area contributed by atoms with Gasteiger partial charge < -0.3 is 31.4 Å². The van der Waals surface area contributed by atoms with Gasteiger partial charge in [-0.05, 0) is 123 Å². The molecule has 8 rings (SSSR count). The Morgan fingerprint density at radius 2 is 0.953 bits per heavy atom. The topological polar surface area (TPSA) is 106 Å². The van der Waals surface area contributed by atoms with Gasteiger partial charge in [0.1, 0.15) is 17.2 Å². The zero-order valence-corrected chi connectivity index (χ0v) is 25.3. The lowest BCUT2D eigenvalue weighted by molar-refractivity contribution is -0.00610. The van der Waals surface area contributed by atoms with E-state index >= 15 is 0 Å². The van der Waals surface area contributed by atoms with Crippen molar-refractivity contribution in [3.8, 4) is 34.5 Å². The highest BCUT2D eigenvalue weighted by atomic mass is 16.5. The molecule has 222 valence electrons. The minimum atomic E-state index is 0.0392. The predicted octanol–water partition coefficient (Wildman–Crippen LogP) is 9.20. The Kier molecular flexibility index (Phi) is 6.68. The van der Waals surface area contributed by atoms with E-state index in [4.69, 9.17) is 31.4 Å². The molecule has 4 fully saturated rings. The quantitative estimate of drug-likeness (QED) is 0.190. The number of aryl methyl sites for hydroxylation is 3. The van der Waals surface area contributed by atoms with Gasteiger partial charge in [0.05, 0.1) is 0 Å². The SMILES string of the molecule is Cc1ccc(Oc2ccc(C34CC5CC(CC(C5)C3)C4)c(Oc3ccc(C)c(N)c3)c2Oc2ccc(C)c(N)c2)cc1N. The molecule has 0 spiro atoms. The Balaban J connectivity index is 1.41. The van der Waals surface area contributed by atoms with E-state index in [1.807, 2.05) is 81.4 Å². The van der Waals surface area contributed by atoms with Crippen molar-refractivity contribution in [3.05, 3.63) is 89.0 Å². The highest BCUT2D eigenvalue weighted by Crippen LogP contribution is 2.63. The highest BCUT2D eigenvalue weighted by molar-refractivity contribution is 5.64. The second-order valence-electron chi connectivity index (χ2n) is 13.3. The fourth-order valence-electron chi connectivity index (χ4n) is 8.09. The number of hydrogen-bond acceptors (Lipinski definition) is 6. The molecule has 6 nitrogen and oxygen atoms in total. The zero-order chi connectivity index (χ0) is 29.9. The summed E-state index contributed by atoms with van der Waals surface area (Å²) >= 11 is 0. The Hall–Kier alpha value is -4.32. The maximum absolute atomic E-state index is 6.87. The van der Waals surface area contributed by atoms with Crippen LogP contribution in [0.25, 0.3) is 0 Å². The van der Waals surface area contributed by atoms with Crippen LogP contribution in [-0.4, -0.2) is 0 Å². The molecule has 4 aromatic rings. The monoisotopic (exact) mass is 575 g/mol. The molecule has 0 aromatic heterocycles. The molecule has 0 unspecified atom stereocenters. The molecule has 0 heterocycles. The van der Waals surface area contributed by atoms with Gasteiger partial charge in [0.25, 0.3) is 0 Å². The van der Waals surface area contributed by atoms with Crippen LogP contribution in [0.1, 0.15) is 60.8 Å². The van der Waals surface area contributed by atoms with Crippen LogP contribution in [0, 0.1) is 38.5 Å². The lowest BCUT2D eigenvalue weighted by Gasteiger charge is -2.57. The van der Waals surface area contributed by atoms with Crippen molar-refractivity contribution < 1.29 is 14.2 Å². The molecule has 4 aliphatic rings. The summed E-state index contributed by atoms with van der Waals surface area (Å²) < 4.78 is 20.1. The summed E-state index contributed by atoms with van der Waals surface area (Å²) in [4.78, 5) is 0. The fourth-order valence-corrected chi connectivity index (χ4v) is 8.09. The molecular formula is C37H41N3O3. The number of rotatable bonds is 7. The average Bonchev–Trinajstić information content (AvgIpc) is 2.95. The number of nitrogens with two attached hydrogens (primary N) is 3. The Labute approximate surface area is 254 Å². The van der Waals surface area contributed by atoms with Gasteiger partial charge in [-0.3, -0.25) is 0 Å². The third-order valence-electron chi connectivity index (χ3n) is 10.1. The third-order valence-corrected chi connectivity index (χ3v) is 10.1. The number of ether oxygens (including phenoxy) is 3. The molecule has 6 heteroatoms. The van der Waals surface area contributed by atoms with Crippen LogP contribution in [-0.2, 0) is 5.41 Å². The fraction of sp³-hybridized carbons (Fsp3) is 0.351. The van der Waals surface area contributed by atoms with Crippen molar-refractivity contribution in [2.45, 2.75) is 64.7 Å². The van der Waals surface area contributed by atoms with Crippen LogP contribution in [0.4, 0.5) is 17.1 Å². The van der Waals surface area contributed by atoms with Crippen molar-refractivity contribution in [2.75, 3.05) is 17.2 Å². The second kappa shape index (κ2) is 10.4. The van der Waals surface area contributed by atoms with Crippen LogP contribution in [0.15, 0.2) is 66.7 Å². The predicted molar refractivity (Wildman–Crippen MR) is 173 cm³/mol. The van der Waals surface area contributed by atoms with Crippen molar-refractivity contribution >= 4 is 17.1 Å². The van der Waals surface area contributed by atoms with Gasteiger partial charge in [-0.2, -0.15) is 0 Å². The number of anilines is 3. The van der Waals surface area contributed by atoms with E-state index in [1.165, 1.54) is 44.1 Å². The standard InChI is InChI=1S/C37H41N3O3/c1-21-4-7-27(15-31(21)38)41-34-11-10-30(37-18-24-12-25(19-37)14-26(13-24)20-37)35(42-28-8-5-22(2)32(39)16-28)36(34)43-29-9-6-23(3)33(40)17-29/h4-11,15-17,24-26H,12-14,18-20,38-40H2,1-3H3. The van der Waals surface area contributed by atoms with E-state index in [9.17, 15) is 0 Å². The molecule has 0 radical (unpaired) electrons. The van der Waals surface area contributed by atoms with Crippen molar-refractivity contribution in [3.63, 3.8) is 0 Å². The van der Waals surface area contributed by atoms with Crippen LogP contribution < -0.4 is 31.4 Å². The Morgan fingerprint density at radius 1 is 0.535 bits per heavy atom. The van der Waals surface area contributed by atoms with Gasteiger partial charge in [-0.1, -0.05) is 24.3 Å². The molecule has 0 amide bonds. The lowest BCUT2D eigenvalue weighted by Crippen LogP contribution is -2.48.